The highest BCUT2D eigenvalue weighted by Crippen LogP contribution is 2.46. The minimum absolute atomic E-state index is 0.916. The quantitative estimate of drug-likeness (QED) is 0.201. The molecule has 0 aliphatic heterocycles. The van der Waals surface area contributed by atoms with Gasteiger partial charge in [0.05, 0.1) is 0 Å². The fraction of sp³-hybridized carbons (Fsp3) is 0. The zero-order valence-corrected chi connectivity index (χ0v) is 23.4. The molecule has 0 amide bonds. The average Bonchev–Trinajstić information content (AvgIpc) is 3.46. The summed E-state index contributed by atoms with van der Waals surface area (Å²) in [6.07, 6.45) is 0. The zero-order chi connectivity index (χ0) is 28.3. The summed E-state index contributed by atoms with van der Waals surface area (Å²) in [5.74, 6) is 0. The maximum Gasteiger partial charge on any atom is 0.136 e. The van der Waals surface area contributed by atoms with Gasteiger partial charge >= 0.3 is 0 Å². The zero-order valence-electron chi connectivity index (χ0n) is 23.4. The van der Waals surface area contributed by atoms with Crippen LogP contribution in [0.15, 0.2) is 162 Å². The molecule has 0 saturated carbocycles. The van der Waals surface area contributed by atoms with E-state index in [1.807, 2.05) is 12.1 Å². The summed E-state index contributed by atoms with van der Waals surface area (Å²) in [6.45, 7) is 0. The molecule has 0 fully saturated rings. The van der Waals surface area contributed by atoms with Gasteiger partial charge in [-0.05, 0) is 83.9 Å². The van der Waals surface area contributed by atoms with Crippen molar-refractivity contribution in [2.24, 2.45) is 0 Å². The molecule has 0 aliphatic rings. The van der Waals surface area contributed by atoms with Gasteiger partial charge < -0.3 is 4.42 Å². The Balaban J connectivity index is 1.35. The molecule has 0 bridgehead atoms. The van der Waals surface area contributed by atoms with Gasteiger partial charge in [0.25, 0.3) is 0 Å². The third-order valence-electron chi connectivity index (χ3n) is 8.86. The van der Waals surface area contributed by atoms with Gasteiger partial charge in [-0.3, -0.25) is 0 Å². The van der Waals surface area contributed by atoms with Crippen LogP contribution in [-0.2, 0) is 0 Å². The summed E-state index contributed by atoms with van der Waals surface area (Å²) in [7, 11) is 0. The first kappa shape index (κ1) is 24.0. The van der Waals surface area contributed by atoms with E-state index in [2.05, 4.69) is 146 Å². The Morgan fingerprint density at radius 1 is 0.326 bits per heavy atom. The van der Waals surface area contributed by atoms with Crippen LogP contribution >= 0.6 is 0 Å². The van der Waals surface area contributed by atoms with Crippen LogP contribution in [0.2, 0.25) is 0 Å². The first-order valence-corrected chi connectivity index (χ1v) is 14.8. The van der Waals surface area contributed by atoms with Gasteiger partial charge in [0.1, 0.15) is 11.2 Å². The van der Waals surface area contributed by atoms with Crippen LogP contribution < -0.4 is 0 Å². The number of benzene rings is 8. The van der Waals surface area contributed by atoms with Gasteiger partial charge in [-0.25, -0.2) is 0 Å². The molecule has 0 unspecified atom stereocenters. The molecule has 9 aromatic rings. The number of hydrogen-bond donors (Lipinski definition) is 0. The summed E-state index contributed by atoms with van der Waals surface area (Å²) in [6, 6.07) is 56.8. The molecule has 0 N–H and O–H groups in total. The molecule has 200 valence electrons. The number of rotatable bonds is 3. The maximum atomic E-state index is 6.23. The highest BCUT2D eigenvalue weighted by molar-refractivity contribution is 6.23. The van der Waals surface area contributed by atoms with Crippen molar-refractivity contribution in [1.29, 1.82) is 0 Å². The smallest absolute Gasteiger partial charge is 0.136 e. The van der Waals surface area contributed by atoms with E-state index in [0.717, 1.165) is 21.9 Å². The predicted molar refractivity (Wildman–Crippen MR) is 183 cm³/mol. The van der Waals surface area contributed by atoms with Crippen LogP contribution in [0.4, 0.5) is 0 Å². The van der Waals surface area contributed by atoms with Gasteiger partial charge in [0, 0.05) is 10.8 Å². The average molecular weight is 547 g/mol. The van der Waals surface area contributed by atoms with Crippen LogP contribution in [0.25, 0.3) is 87.6 Å². The van der Waals surface area contributed by atoms with E-state index in [-0.39, 0.29) is 0 Å². The van der Waals surface area contributed by atoms with Crippen LogP contribution in [-0.4, -0.2) is 0 Å². The minimum atomic E-state index is 0.916. The Morgan fingerprint density at radius 2 is 0.837 bits per heavy atom. The van der Waals surface area contributed by atoms with Crippen molar-refractivity contribution in [2.75, 3.05) is 0 Å². The Hall–Kier alpha value is -5.66. The first-order valence-electron chi connectivity index (χ1n) is 14.8. The largest absolute Gasteiger partial charge is 0.456 e. The third-order valence-corrected chi connectivity index (χ3v) is 8.86. The molecule has 1 heterocycles. The van der Waals surface area contributed by atoms with Crippen molar-refractivity contribution in [3.63, 3.8) is 0 Å². The monoisotopic (exact) mass is 546 g/mol. The second kappa shape index (κ2) is 9.44. The predicted octanol–water partition coefficient (Wildman–Crippen LogP) is 12.0. The molecular weight excluding hydrogens is 520 g/mol. The van der Waals surface area contributed by atoms with E-state index >= 15 is 0 Å². The lowest BCUT2D eigenvalue weighted by atomic mass is 9.84. The molecule has 43 heavy (non-hydrogen) atoms. The lowest BCUT2D eigenvalue weighted by Gasteiger charge is -2.19. The van der Waals surface area contributed by atoms with E-state index < -0.39 is 0 Å². The van der Waals surface area contributed by atoms with Gasteiger partial charge in [0.2, 0.25) is 0 Å². The van der Waals surface area contributed by atoms with Crippen LogP contribution in [0, 0.1) is 0 Å². The number of furan rings is 1. The van der Waals surface area contributed by atoms with Crippen molar-refractivity contribution in [3.05, 3.63) is 158 Å². The molecule has 0 saturated heterocycles. The molecule has 1 nitrogen and oxygen atoms in total. The summed E-state index contributed by atoms with van der Waals surface area (Å²) >= 11 is 0. The Bertz CT molecular complexity index is 2450. The van der Waals surface area contributed by atoms with Crippen molar-refractivity contribution >= 4 is 54.3 Å². The summed E-state index contributed by atoms with van der Waals surface area (Å²) in [5.41, 5.74) is 9.23. The SMILES string of the molecule is c1cc(-c2c3ccccc3c(-c3cccc4ccccc34)c3ccccc23)cc(-c2cccc3oc4ccccc4c23)c1. The van der Waals surface area contributed by atoms with Gasteiger partial charge in [-0.15, -0.1) is 0 Å². The Labute approximate surface area is 249 Å². The topological polar surface area (TPSA) is 13.1 Å². The second-order valence-corrected chi connectivity index (χ2v) is 11.2. The minimum Gasteiger partial charge on any atom is -0.456 e. The fourth-order valence-corrected chi connectivity index (χ4v) is 7.03. The van der Waals surface area contributed by atoms with Crippen LogP contribution in [0.5, 0.6) is 0 Å². The molecule has 0 spiro atoms. The van der Waals surface area contributed by atoms with Crippen molar-refractivity contribution < 1.29 is 4.42 Å². The van der Waals surface area contributed by atoms with Gasteiger partial charge in [0.15, 0.2) is 0 Å². The number of hydrogen-bond acceptors (Lipinski definition) is 1. The van der Waals surface area contributed by atoms with E-state index in [1.165, 1.54) is 65.7 Å². The lowest BCUT2D eigenvalue weighted by Crippen LogP contribution is -1.92. The first-order chi connectivity index (χ1) is 21.3. The van der Waals surface area contributed by atoms with E-state index in [1.54, 1.807) is 0 Å². The molecule has 1 heteroatoms. The van der Waals surface area contributed by atoms with Crippen molar-refractivity contribution in [3.8, 4) is 33.4 Å². The second-order valence-electron chi connectivity index (χ2n) is 11.2. The highest BCUT2D eigenvalue weighted by Gasteiger charge is 2.19. The lowest BCUT2D eigenvalue weighted by molar-refractivity contribution is 0.669. The van der Waals surface area contributed by atoms with Crippen molar-refractivity contribution in [2.45, 2.75) is 0 Å². The molecular formula is C42H26O. The molecule has 0 radical (unpaired) electrons. The third kappa shape index (κ3) is 3.65. The Kier molecular flexibility index (Phi) is 5.27. The number of fused-ring (bicyclic) bond motifs is 6. The molecule has 0 aliphatic carbocycles. The van der Waals surface area contributed by atoms with E-state index in [0.29, 0.717) is 0 Å². The van der Waals surface area contributed by atoms with Crippen LogP contribution in [0.1, 0.15) is 0 Å². The number of para-hydroxylation sites is 1. The Morgan fingerprint density at radius 3 is 1.60 bits per heavy atom. The normalized spacial score (nSPS) is 11.7. The van der Waals surface area contributed by atoms with E-state index in [4.69, 9.17) is 4.42 Å². The maximum absolute atomic E-state index is 6.23. The molecule has 9 rings (SSSR count). The summed E-state index contributed by atoms with van der Waals surface area (Å²) < 4.78 is 6.23. The van der Waals surface area contributed by atoms with Gasteiger partial charge in [-0.2, -0.15) is 0 Å². The highest BCUT2D eigenvalue weighted by atomic mass is 16.3. The summed E-state index contributed by atoms with van der Waals surface area (Å²) in [5, 5.41) is 9.88. The van der Waals surface area contributed by atoms with Crippen LogP contribution in [0.3, 0.4) is 0 Å². The standard InChI is InChI=1S/C42H26O/c1-2-16-30-27(12-1)13-10-23-32(30)41-35-19-5-3-17-33(35)40(34-18-4-6-20-36(34)41)29-15-9-14-28(26-29)31-22-11-25-39-42(31)37-21-7-8-24-38(37)43-39/h1-26H. The van der Waals surface area contributed by atoms with Gasteiger partial charge in [-0.1, -0.05) is 140 Å². The molecule has 8 aromatic carbocycles. The fourth-order valence-electron chi connectivity index (χ4n) is 7.03. The van der Waals surface area contributed by atoms with E-state index in [9.17, 15) is 0 Å². The molecule has 1 aromatic heterocycles. The summed E-state index contributed by atoms with van der Waals surface area (Å²) in [4.78, 5) is 0. The molecule has 0 atom stereocenters. The van der Waals surface area contributed by atoms with Crippen molar-refractivity contribution in [1.82, 2.24) is 0 Å².